The number of unbranched alkanes of at least 4 members (excludes halogenated alkanes) is 1. The highest BCUT2D eigenvalue weighted by Crippen LogP contribution is 2.22. The van der Waals surface area contributed by atoms with Crippen LogP contribution in [0.25, 0.3) is 0 Å². The van der Waals surface area contributed by atoms with E-state index in [0.29, 0.717) is 0 Å². The highest BCUT2D eigenvalue weighted by molar-refractivity contribution is 5.08. The van der Waals surface area contributed by atoms with Crippen LogP contribution in [0.15, 0.2) is 73.2 Å². The summed E-state index contributed by atoms with van der Waals surface area (Å²) in [6, 6.07) is 18.4. The van der Waals surface area contributed by atoms with Gasteiger partial charge in [0.2, 0.25) is 0 Å². The molecule has 3 aromatic heterocycles. The Bertz CT molecular complexity index is 905. The summed E-state index contributed by atoms with van der Waals surface area (Å²) in [5.74, 6) is 0. The van der Waals surface area contributed by atoms with Crippen molar-refractivity contribution >= 4 is 0 Å². The third kappa shape index (κ3) is 8.18. The molecule has 0 aliphatic carbocycles. The van der Waals surface area contributed by atoms with E-state index in [-0.39, 0.29) is 6.23 Å². The van der Waals surface area contributed by atoms with Gasteiger partial charge in [-0.2, -0.15) is 0 Å². The predicted molar refractivity (Wildman–Crippen MR) is 138 cm³/mol. The molecule has 1 aliphatic heterocycles. The Labute approximate surface area is 209 Å². The maximum Gasteiger partial charge on any atom is 0.153 e. The third-order valence-corrected chi connectivity index (χ3v) is 6.41. The summed E-state index contributed by atoms with van der Waals surface area (Å²) < 4.78 is 6.45. The topological polar surface area (TPSA) is 57.6 Å². The second-order valence-electron chi connectivity index (χ2n) is 9.06. The molecule has 1 aliphatic rings. The number of rotatable bonds is 10. The molecule has 0 aromatic carbocycles. The lowest BCUT2D eigenvalue weighted by atomic mass is 10.2. The van der Waals surface area contributed by atoms with Gasteiger partial charge >= 0.3 is 0 Å². The van der Waals surface area contributed by atoms with Crippen LogP contribution in [-0.4, -0.2) is 75.5 Å². The second-order valence-corrected chi connectivity index (χ2v) is 9.06. The number of pyridine rings is 3. The number of aromatic nitrogens is 3. The molecule has 4 rings (SSSR count). The molecular formula is C28H38N6O. The summed E-state index contributed by atoms with van der Waals surface area (Å²) in [6.45, 7) is 10.3. The van der Waals surface area contributed by atoms with Crippen LogP contribution < -0.4 is 0 Å². The molecule has 0 bridgehead atoms. The molecule has 0 amide bonds. The van der Waals surface area contributed by atoms with Crippen molar-refractivity contribution in [3.05, 3.63) is 90.3 Å². The van der Waals surface area contributed by atoms with E-state index in [0.717, 1.165) is 88.9 Å². The lowest BCUT2D eigenvalue weighted by Gasteiger charge is -2.33. The SMILES string of the molecule is CCCCOC(c1ccccn1)N1CCN(Cc2ccccn2)CCN(Cc2ccccn2)CC1. The van der Waals surface area contributed by atoms with Crippen molar-refractivity contribution in [2.24, 2.45) is 0 Å². The van der Waals surface area contributed by atoms with Gasteiger partial charge in [0.25, 0.3) is 0 Å². The van der Waals surface area contributed by atoms with Gasteiger partial charge in [-0.05, 0) is 42.8 Å². The molecule has 7 heteroatoms. The van der Waals surface area contributed by atoms with E-state index in [2.05, 4.69) is 73.0 Å². The van der Waals surface area contributed by atoms with Gasteiger partial charge < -0.3 is 4.74 Å². The highest BCUT2D eigenvalue weighted by atomic mass is 16.5. The van der Waals surface area contributed by atoms with Crippen molar-refractivity contribution in [2.45, 2.75) is 39.1 Å². The summed E-state index contributed by atoms with van der Waals surface area (Å²) in [5.41, 5.74) is 3.19. The minimum absolute atomic E-state index is 0.144. The quantitative estimate of drug-likeness (QED) is 0.412. The molecular weight excluding hydrogens is 436 g/mol. The van der Waals surface area contributed by atoms with Gasteiger partial charge in [0.05, 0.1) is 17.1 Å². The van der Waals surface area contributed by atoms with E-state index < -0.39 is 0 Å². The van der Waals surface area contributed by atoms with Crippen LogP contribution in [0.2, 0.25) is 0 Å². The van der Waals surface area contributed by atoms with Crippen LogP contribution in [-0.2, 0) is 17.8 Å². The molecule has 0 saturated carbocycles. The molecule has 4 heterocycles. The molecule has 1 saturated heterocycles. The Kier molecular flexibility index (Phi) is 10.2. The van der Waals surface area contributed by atoms with Crippen molar-refractivity contribution in [3.63, 3.8) is 0 Å². The monoisotopic (exact) mass is 474 g/mol. The fraction of sp³-hybridized carbons (Fsp3) is 0.464. The first-order valence-corrected chi connectivity index (χ1v) is 12.8. The van der Waals surface area contributed by atoms with E-state index in [1.165, 1.54) is 0 Å². The van der Waals surface area contributed by atoms with E-state index in [1.54, 1.807) is 0 Å². The van der Waals surface area contributed by atoms with Crippen LogP contribution in [0.4, 0.5) is 0 Å². The normalized spacial score (nSPS) is 17.4. The van der Waals surface area contributed by atoms with Crippen LogP contribution in [0.5, 0.6) is 0 Å². The Balaban J connectivity index is 1.53. The van der Waals surface area contributed by atoms with E-state index in [4.69, 9.17) is 4.74 Å². The highest BCUT2D eigenvalue weighted by Gasteiger charge is 2.25. The molecule has 1 atom stereocenters. The third-order valence-electron chi connectivity index (χ3n) is 6.41. The second kappa shape index (κ2) is 14.0. The van der Waals surface area contributed by atoms with Gasteiger partial charge in [-0.1, -0.05) is 31.5 Å². The Morgan fingerprint density at radius 1 is 0.714 bits per heavy atom. The first-order valence-electron chi connectivity index (χ1n) is 12.8. The molecule has 0 N–H and O–H groups in total. The Morgan fingerprint density at radius 3 is 1.74 bits per heavy atom. The van der Waals surface area contributed by atoms with Crippen molar-refractivity contribution < 1.29 is 4.74 Å². The molecule has 0 spiro atoms. The maximum atomic E-state index is 6.45. The first-order chi connectivity index (χ1) is 17.3. The largest absolute Gasteiger partial charge is 0.357 e. The Morgan fingerprint density at radius 2 is 1.26 bits per heavy atom. The summed E-state index contributed by atoms with van der Waals surface area (Å²) in [6.07, 6.45) is 7.64. The van der Waals surface area contributed by atoms with Crippen LogP contribution in [0.1, 0.15) is 43.1 Å². The van der Waals surface area contributed by atoms with Crippen LogP contribution in [0, 0.1) is 0 Å². The zero-order chi connectivity index (χ0) is 24.1. The summed E-state index contributed by atoms with van der Waals surface area (Å²) in [7, 11) is 0. The average Bonchev–Trinajstić information content (AvgIpc) is 3.00. The van der Waals surface area contributed by atoms with E-state index >= 15 is 0 Å². The molecule has 35 heavy (non-hydrogen) atoms. The number of hydrogen-bond acceptors (Lipinski definition) is 7. The van der Waals surface area contributed by atoms with Crippen LogP contribution in [0.3, 0.4) is 0 Å². The number of hydrogen-bond donors (Lipinski definition) is 0. The lowest BCUT2D eigenvalue weighted by Crippen LogP contribution is -2.40. The molecule has 7 nitrogen and oxygen atoms in total. The van der Waals surface area contributed by atoms with Crippen molar-refractivity contribution in [1.82, 2.24) is 29.7 Å². The zero-order valence-electron chi connectivity index (χ0n) is 20.9. The standard InChI is InChI=1S/C28H38N6O/c1-2-3-22-35-28(27-12-6-9-15-31-27)34-20-18-32(23-25-10-4-7-13-29-25)16-17-33(19-21-34)24-26-11-5-8-14-30-26/h4-15,28H,2-3,16-24H2,1H3. The smallest absolute Gasteiger partial charge is 0.153 e. The molecule has 1 fully saturated rings. The van der Waals surface area contributed by atoms with Gasteiger partial charge in [0.15, 0.2) is 6.23 Å². The molecule has 186 valence electrons. The number of nitrogens with zero attached hydrogens (tertiary/aromatic N) is 6. The molecule has 3 aromatic rings. The fourth-order valence-corrected chi connectivity index (χ4v) is 4.39. The minimum Gasteiger partial charge on any atom is -0.357 e. The van der Waals surface area contributed by atoms with Crippen LogP contribution >= 0.6 is 0 Å². The Hall–Kier alpha value is -2.71. The van der Waals surface area contributed by atoms with Crippen molar-refractivity contribution in [2.75, 3.05) is 45.9 Å². The minimum atomic E-state index is -0.144. The summed E-state index contributed by atoms with van der Waals surface area (Å²) in [5, 5.41) is 0. The zero-order valence-corrected chi connectivity index (χ0v) is 20.9. The van der Waals surface area contributed by atoms with Gasteiger partial charge in [-0.15, -0.1) is 0 Å². The van der Waals surface area contributed by atoms with Crippen molar-refractivity contribution in [3.8, 4) is 0 Å². The fourth-order valence-electron chi connectivity index (χ4n) is 4.39. The maximum absolute atomic E-state index is 6.45. The van der Waals surface area contributed by atoms with Gasteiger partial charge in [-0.25, -0.2) is 0 Å². The first kappa shape index (κ1) is 25.4. The molecule has 0 radical (unpaired) electrons. The summed E-state index contributed by atoms with van der Waals surface area (Å²) in [4.78, 5) is 21.3. The molecule has 1 unspecified atom stereocenters. The van der Waals surface area contributed by atoms with Crippen molar-refractivity contribution in [1.29, 1.82) is 0 Å². The predicted octanol–water partition coefficient (Wildman–Crippen LogP) is 4.01. The van der Waals surface area contributed by atoms with Gasteiger partial charge in [0, 0.05) is 77.6 Å². The van der Waals surface area contributed by atoms with E-state index in [1.807, 2.05) is 36.8 Å². The average molecular weight is 475 g/mol. The van der Waals surface area contributed by atoms with Gasteiger partial charge in [0.1, 0.15) is 0 Å². The number of ether oxygens (including phenoxy) is 1. The lowest BCUT2D eigenvalue weighted by molar-refractivity contribution is -0.0694. The summed E-state index contributed by atoms with van der Waals surface area (Å²) >= 11 is 0. The van der Waals surface area contributed by atoms with Gasteiger partial charge in [-0.3, -0.25) is 29.7 Å². The van der Waals surface area contributed by atoms with E-state index in [9.17, 15) is 0 Å².